The maximum Gasteiger partial charge on any atom is 0.295 e. The molecule has 55 heavy (non-hydrogen) atoms. The van der Waals surface area contributed by atoms with Crippen LogP contribution in [-0.2, 0) is 30.4 Å². The third-order valence-electron chi connectivity index (χ3n) is 10.3. The number of benzene rings is 5. The first kappa shape index (κ1) is 41.2. The summed E-state index contributed by atoms with van der Waals surface area (Å²) in [6.45, 7) is 9.78. The summed E-state index contributed by atoms with van der Waals surface area (Å²) in [5.41, 5.74) is 19.3. The van der Waals surface area contributed by atoms with Crippen molar-refractivity contribution in [3.8, 4) is 0 Å². The molecular formula is C39H44N4O9S3. The molecule has 0 radical (unpaired) electrons. The lowest BCUT2D eigenvalue weighted by Crippen LogP contribution is -2.18. The highest BCUT2D eigenvalue weighted by molar-refractivity contribution is 7.86. The first-order chi connectivity index (χ1) is 25.4. The number of rotatable bonds is 10. The second-order valence-corrected chi connectivity index (χ2v) is 17.7. The van der Waals surface area contributed by atoms with E-state index in [1.54, 1.807) is 112 Å². The number of hydrogen-bond acceptors (Lipinski definition) is 10. The van der Waals surface area contributed by atoms with E-state index < -0.39 is 36.3 Å². The fourth-order valence-electron chi connectivity index (χ4n) is 7.73. The van der Waals surface area contributed by atoms with Gasteiger partial charge in [-0.1, -0.05) is 42.5 Å². The number of anilines is 6. The second-order valence-electron chi connectivity index (χ2n) is 13.6. The Hall–Kier alpha value is -4.97. The van der Waals surface area contributed by atoms with Gasteiger partial charge in [-0.3, -0.25) is 13.7 Å². The van der Waals surface area contributed by atoms with E-state index in [4.69, 9.17) is 11.5 Å². The van der Waals surface area contributed by atoms with Crippen LogP contribution in [0.3, 0.4) is 0 Å². The van der Waals surface area contributed by atoms with Gasteiger partial charge in [0.1, 0.15) is 9.79 Å². The molecule has 0 aromatic heterocycles. The van der Waals surface area contributed by atoms with Gasteiger partial charge in [-0.25, -0.2) is 0 Å². The van der Waals surface area contributed by atoms with Crippen LogP contribution < -0.4 is 21.3 Å². The van der Waals surface area contributed by atoms with Gasteiger partial charge in [-0.2, -0.15) is 25.3 Å². The summed E-state index contributed by atoms with van der Waals surface area (Å²) in [6, 6.07) is 20.4. The molecule has 13 nitrogen and oxygen atoms in total. The van der Waals surface area contributed by atoms with E-state index in [9.17, 15) is 38.9 Å². The zero-order valence-corrected chi connectivity index (χ0v) is 34.0. The lowest BCUT2D eigenvalue weighted by Gasteiger charge is -2.28. The van der Waals surface area contributed by atoms with Crippen molar-refractivity contribution in [3.63, 3.8) is 0 Å². The summed E-state index contributed by atoms with van der Waals surface area (Å²) >= 11 is 0. The average molecular weight is 809 g/mol. The quantitative estimate of drug-likeness (QED) is 0.0538. The Kier molecular flexibility index (Phi) is 10.9. The highest BCUT2D eigenvalue weighted by Crippen LogP contribution is 2.43. The van der Waals surface area contributed by atoms with E-state index in [1.807, 2.05) is 0 Å². The molecule has 0 saturated carbocycles. The summed E-state index contributed by atoms with van der Waals surface area (Å²) in [5.74, 6) is -0.717. The third-order valence-corrected chi connectivity index (χ3v) is 13.5. The molecule has 0 bridgehead atoms. The minimum Gasteiger partial charge on any atom is -0.398 e. The fraction of sp³-hybridized carbons (Fsp3) is 0.231. The van der Waals surface area contributed by atoms with Crippen molar-refractivity contribution < 1.29 is 38.9 Å². The molecule has 0 aliphatic carbocycles. The summed E-state index contributed by atoms with van der Waals surface area (Å²) in [7, 11) is -10.4. The van der Waals surface area contributed by atoms with E-state index in [0.29, 0.717) is 61.7 Å². The minimum atomic E-state index is -4.66. The van der Waals surface area contributed by atoms with Gasteiger partial charge in [-0.05, 0) is 122 Å². The first-order valence-corrected chi connectivity index (χ1v) is 21.2. The predicted molar refractivity (Wildman–Crippen MR) is 216 cm³/mol. The van der Waals surface area contributed by atoms with Crippen LogP contribution in [0, 0.1) is 41.5 Å². The smallest absolute Gasteiger partial charge is 0.295 e. The molecule has 5 aromatic carbocycles. The lowest BCUT2D eigenvalue weighted by molar-refractivity contribution is 0.479. The van der Waals surface area contributed by atoms with Crippen LogP contribution in [0.4, 0.5) is 34.1 Å². The van der Waals surface area contributed by atoms with E-state index >= 15 is 0 Å². The van der Waals surface area contributed by atoms with Crippen molar-refractivity contribution in [2.24, 2.45) is 0 Å². The molecule has 0 amide bonds. The Balaban J connectivity index is 1.64. The van der Waals surface area contributed by atoms with Gasteiger partial charge in [0.2, 0.25) is 0 Å². The Morgan fingerprint density at radius 1 is 0.491 bits per heavy atom. The molecule has 0 unspecified atom stereocenters. The lowest BCUT2D eigenvalue weighted by atomic mass is 9.85. The molecular weight excluding hydrogens is 765 g/mol. The molecule has 0 spiro atoms. The third kappa shape index (κ3) is 7.53. The van der Waals surface area contributed by atoms with Crippen molar-refractivity contribution in [1.29, 1.82) is 0 Å². The van der Waals surface area contributed by atoms with Crippen molar-refractivity contribution in [1.82, 2.24) is 0 Å². The number of nitrogens with zero attached hydrogens (tertiary/aromatic N) is 2. The van der Waals surface area contributed by atoms with E-state index in [0.717, 1.165) is 0 Å². The molecule has 0 saturated heterocycles. The van der Waals surface area contributed by atoms with Crippen molar-refractivity contribution in [2.45, 2.75) is 62.1 Å². The molecule has 5 aromatic rings. The molecule has 0 aliphatic rings. The topological polar surface area (TPSA) is 222 Å². The van der Waals surface area contributed by atoms with Crippen LogP contribution in [0.1, 0.15) is 56.0 Å². The number of hydrogen-bond donors (Lipinski definition) is 5. The van der Waals surface area contributed by atoms with E-state index in [-0.39, 0.29) is 37.2 Å². The minimum absolute atomic E-state index is 0.225. The van der Waals surface area contributed by atoms with Crippen LogP contribution in [0.25, 0.3) is 0 Å². The van der Waals surface area contributed by atoms with Crippen LogP contribution in [0.2, 0.25) is 0 Å². The van der Waals surface area contributed by atoms with Gasteiger partial charge in [0.25, 0.3) is 30.4 Å². The van der Waals surface area contributed by atoms with Crippen molar-refractivity contribution >= 4 is 64.5 Å². The Labute approximate surface area is 322 Å². The monoisotopic (exact) mass is 808 g/mol. The highest BCUT2D eigenvalue weighted by Gasteiger charge is 2.29. The maximum absolute atomic E-state index is 12.6. The molecule has 5 rings (SSSR count). The predicted octanol–water partition coefficient (Wildman–Crippen LogP) is 7.16. The molecule has 0 fully saturated rings. The van der Waals surface area contributed by atoms with Crippen LogP contribution in [0.15, 0.2) is 87.5 Å². The van der Waals surface area contributed by atoms with Crippen LogP contribution in [0.5, 0.6) is 0 Å². The molecule has 7 N–H and O–H groups in total. The van der Waals surface area contributed by atoms with Gasteiger partial charge in [-0.15, -0.1) is 0 Å². The summed E-state index contributed by atoms with van der Waals surface area (Å²) in [4.78, 5) is 2.70. The van der Waals surface area contributed by atoms with Gasteiger partial charge in [0.05, 0.1) is 16.3 Å². The van der Waals surface area contributed by atoms with Crippen molar-refractivity contribution in [3.05, 3.63) is 123 Å². The fourth-order valence-corrected chi connectivity index (χ4v) is 10.4. The second kappa shape index (κ2) is 14.6. The Bertz CT molecular complexity index is 2530. The van der Waals surface area contributed by atoms with Gasteiger partial charge < -0.3 is 21.3 Å². The number of nitrogen functional groups attached to an aromatic ring is 2. The zero-order chi connectivity index (χ0) is 41.1. The number of nitrogens with two attached hydrogens (primary N) is 2. The van der Waals surface area contributed by atoms with Gasteiger partial charge in [0.15, 0.2) is 0 Å². The summed E-state index contributed by atoms with van der Waals surface area (Å²) in [5, 5.41) is 0. The SMILES string of the molecule is Cc1c(N)c(C)c(S(=O)(=O)O)c(C)c1N(C)c1ccc(C(c2ccc(N(C)c3c(C)c(N)c(C)c(S(=O)(=O)O)c3C)cc2)c2ccccc2S(=O)(=O)O)cc1. The van der Waals surface area contributed by atoms with E-state index in [1.165, 1.54) is 26.0 Å². The molecule has 16 heteroatoms. The largest absolute Gasteiger partial charge is 0.398 e. The Morgan fingerprint density at radius 3 is 1.16 bits per heavy atom. The Morgan fingerprint density at radius 2 is 0.836 bits per heavy atom. The van der Waals surface area contributed by atoms with E-state index in [2.05, 4.69) is 0 Å². The standard InChI is InChI=1S/C39H44N4O9S3/c1-21-34(40)23(3)38(54(47,48)49)25(5)36(21)42(7)29-17-13-27(14-18-29)33(31-11-9-10-12-32(31)53(44,45)46)28-15-19-30(20-16-28)43(8)37-22(2)35(41)24(4)39(26(37)6)55(50,51)52/h9-20,33H,40-41H2,1-8H3,(H,44,45,46)(H,47,48,49)(H,50,51,52). The molecule has 292 valence electrons. The van der Waals surface area contributed by atoms with Gasteiger partial charge in [0, 0.05) is 42.8 Å². The highest BCUT2D eigenvalue weighted by atomic mass is 32.2. The molecule has 0 heterocycles. The van der Waals surface area contributed by atoms with Crippen LogP contribution >= 0.6 is 0 Å². The summed E-state index contributed by atoms with van der Waals surface area (Å²) in [6.07, 6.45) is 0. The maximum atomic E-state index is 12.6. The first-order valence-electron chi connectivity index (χ1n) is 16.9. The van der Waals surface area contributed by atoms with Crippen LogP contribution in [-0.4, -0.2) is 53.0 Å². The zero-order valence-electron chi connectivity index (χ0n) is 31.6. The average Bonchev–Trinajstić information content (AvgIpc) is 3.09. The molecule has 0 aliphatic heterocycles. The molecule has 0 atom stereocenters. The van der Waals surface area contributed by atoms with Gasteiger partial charge >= 0.3 is 0 Å². The van der Waals surface area contributed by atoms with Crippen molar-refractivity contribution in [2.75, 3.05) is 35.4 Å². The normalized spacial score (nSPS) is 12.3. The summed E-state index contributed by atoms with van der Waals surface area (Å²) < 4.78 is 105.